The van der Waals surface area contributed by atoms with Gasteiger partial charge in [-0.2, -0.15) is 23.9 Å². The van der Waals surface area contributed by atoms with Crippen molar-refractivity contribution < 1.29 is 31.3 Å². The number of benzene rings is 5. The summed E-state index contributed by atoms with van der Waals surface area (Å²) in [6.45, 7) is 15.2. The molecule has 0 saturated heterocycles. The Kier molecular flexibility index (Phi) is 13.5. The van der Waals surface area contributed by atoms with Gasteiger partial charge in [-0.15, -0.1) is 36.1 Å². The van der Waals surface area contributed by atoms with Gasteiger partial charge in [-0.1, -0.05) is 143 Å². The van der Waals surface area contributed by atoms with Crippen LogP contribution in [0.3, 0.4) is 0 Å². The van der Waals surface area contributed by atoms with Gasteiger partial charge in [0.2, 0.25) is 0 Å². The molecule has 0 atom stereocenters. The van der Waals surface area contributed by atoms with Crippen molar-refractivity contribution >= 4 is 70.1 Å². The van der Waals surface area contributed by atoms with E-state index in [1.54, 1.807) is 16.8 Å². The predicted molar refractivity (Wildman–Crippen MR) is 313 cm³/mol. The summed E-state index contributed by atoms with van der Waals surface area (Å²) in [5.74, 6) is 5.10. The van der Waals surface area contributed by atoms with Gasteiger partial charge in [-0.25, -0.2) is 4.98 Å². The van der Waals surface area contributed by atoms with Crippen LogP contribution in [0.15, 0.2) is 213 Å². The van der Waals surface area contributed by atoms with Crippen LogP contribution in [0.5, 0.6) is 11.6 Å². The topological polar surface area (TPSA) is 70.5 Å². The summed E-state index contributed by atoms with van der Waals surface area (Å²) >= 11 is 0. The molecule has 11 heteroatoms. The number of rotatable bonds is 8. The first-order valence-corrected chi connectivity index (χ1v) is 25.1. The van der Waals surface area contributed by atoms with Gasteiger partial charge in [-0.3, -0.25) is 4.98 Å². The molecule has 3 aliphatic heterocycles. The van der Waals surface area contributed by atoms with Crippen molar-refractivity contribution in [1.82, 2.24) is 25.2 Å². The van der Waals surface area contributed by atoms with Gasteiger partial charge in [0.05, 0.1) is 5.48 Å². The van der Waals surface area contributed by atoms with Gasteiger partial charge in [0, 0.05) is 80.4 Å². The zero-order valence-corrected chi connectivity index (χ0v) is 45.4. The number of hydrogen-bond acceptors (Lipinski definition) is 7. The number of nitrogens with one attached hydrogen (secondary N) is 2. The molecule has 0 aliphatic carbocycles. The fraction of sp³-hybridized carbons (Fsp3) is 0.123. The molecule has 376 valence electrons. The van der Waals surface area contributed by atoms with Crippen LogP contribution in [0.4, 0.5) is 22.7 Å². The first-order chi connectivity index (χ1) is 38.1. The van der Waals surface area contributed by atoms with Gasteiger partial charge in [0.1, 0.15) is 11.7 Å². The molecule has 6 heterocycles. The number of anilines is 4. The van der Waals surface area contributed by atoms with E-state index in [-0.39, 0.29) is 61.9 Å². The van der Waals surface area contributed by atoms with E-state index in [2.05, 4.69) is 150 Å². The second kappa shape index (κ2) is 22.0. The summed E-state index contributed by atoms with van der Waals surface area (Å²) in [7, 11) is 4.32. The molecule has 2 radical (unpaired) electrons. The Labute approximate surface area is 468 Å². The summed E-state index contributed by atoms with van der Waals surface area (Å²) in [6, 6.07) is 38.5. The Balaban J connectivity index is 0.00000720. The van der Waals surface area contributed by atoms with E-state index in [0.717, 1.165) is 50.3 Å². The summed E-state index contributed by atoms with van der Waals surface area (Å²) in [6.07, 6.45) is 25.7. The SMILES string of the molecule is [2H]c1c([2H])c([2H])c2c(c1[2H])c1ccc(Oc3[c-]c(N4[CH-]N(c5c(/C6=C/C=C\N/C=C\C=C/[B]6)cc(C(C)(C)C)cc5/C5=C/C=C\N/C=C\C=C/[B]5)c5ccccc54)cc(-c4ccccc4)n3)[c-]c1n2-c1cc(C(C)(C)C)ccn1.[Pt]. The van der Waals surface area contributed by atoms with E-state index in [9.17, 15) is 1.37 Å². The number of aromatic nitrogens is 3. The van der Waals surface area contributed by atoms with Crippen LogP contribution < -0.4 is 25.2 Å². The van der Waals surface area contributed by atoms with E-state index in [0.29, 0.717) is 44.8 Å². The van der Waals surface area contributed by atoms with Crippen molar-refractivity contribution in [3.8, 4) is 28.7 Å². The second-order valence-corrected chi connectivity index (χ2v) is 20.4. The van der Waals surface area contributed by atoms with Gasteiger partial charge in [-0.05, 0) is 116 Å². The zero-order valence-electron chi connectivity index (χ0n) is 47.1. The van der Waals surface area contributed by atoms with E-state index >= 15 is 0 Å². The van der Waals surface area contributed by atoms with Crippen molar-refractivity contribution in [2.75, 3.05) is 9.80 Å². The molecule has 11 rings (SSSR count). The molecule has 0 fully saturated rings. The number of ether oxygens (including phenoxy) is 1. The molecule has 0 spiro atoms. The Bertz CT molecular complexity index is 3890. The molecule has 8 aromatic rings. The minimum atomic E-state index is -0.335. The Morgan fingerprint density at radius 2 is 1.28 bits per heavy atom. The third kappa shape index (κ3) is 10.7. The summed E-state index contributed by atoms with van der Waals surface area (Å²) in [5.41, 5.74) is 11.6. The van der Waals surface area contributed by atoms with Gasteiger partial charge < -0.3 is 29.7 Å². The molecule has 3 aromatic heterocycles. The molecule has 3 aliphatic rings. The number of nitrogens with zero attached hydrogens (tertiary/aromatic N) is 5. The van der Waals surface area contributed by atoms with Crippen LogP contribution in [-0.2, 0) is 31.9 Å². The van der Waals surface area contributed by atoms with Crippen LogP contribution in [0.25, 0.3) is 49.8 Å². The van der Waals surface area contributed by atoms with E-state index < -0.39 is 0 Å². The molecule has 2 N–H and O–H groups in total. The van der Waals surface area contributed by atoms with Crippen molar-refractivity contribution in [1.29, 1.82) is 0 Å². The van der Waals surface area contributed by atoms with Crippen LogP contribution in [0, 0.1) is 18.8 Å². The molecular formula is C65H56B2N7OPt-3. The maximum Gasteiger partial charge on any atom is 0.182 e. The zero-order chi connectivity index (χ0) is 55.0. The molecule has 76 heavy (non-hydrogen) atoms. The Morgan fingerprint density at radius 1 is 0.645 bits per heavy atom. The minimum absolute atomic E-state index is 0. The fourth-order valence-electron chi connectivity index (χ4n) is 9.32. The van der Waals surface area contributed by atoms with Crippen molar-refractivity contribution in [3.05, 3.63) is 254 Å². The number of fused-ring (bicyclic) bond motifs is 4. The smallest absolute Gasteiger partial charge is 0.182 e. The third-order valence-corrected chi connectivity index (χ3v) is 13.2. The largest absolute Gasteiger partial charge is 0.503 e. The molecule has 8 nitrogen and oxygen atoms in total. The van der Waals surface area contributed by atoms with E-state index in [1.165, 1.54) is 5.56 Å². The fourth-order valence-corrected chi connectivity index (χ4v) is 9.32. The molecule has 0 unspecified atom stereocenters. The second-order valence-electron chi connectivity index (χ2n) is 20.4. The van der Waals surface area contributed by atoms with Gasteiger partial charge in [0.15, 0.2) is 14.6 Å². The van der Waals surface area contributed by atoms with Crippen molar-refractivity contribution in [2.24, 2.45) is 0 Å². The van der Waals surface area contributed by atoms with E-state index in [4.69, 9.17) is 18.8 Å². The number of para-hydroxylation sites is 3. The molecule has 0 saturated carbocycles. The number of hydrogen-bond donors (Lipinski definition) is 2. The summed E-state index contributed by atoms with van der Waals surface area (Å²) in [5, 5.41) is 7.43. The predicted octanol–water partition coefficient (Wildman–Crippen LogP) is 15.0. The summed E-state index contributed by atoms with van der Waals surface area (Å²) < 4.78 is 44.2. The number of allylic oxidation sites excluding steroid dienone is 8. The summed E-state index contributed by atoms with van der Waals surface area (Å²) in [4.78, 5) is 14.3. The average molecular weight is 1170 g/mol. The van der Waals surface area contributed by atoms with Crippen molar-refractivity contribution in [2.45, 2.75) is 52.4 Å². The quantitative estimate of drug-likeness (QED) is 0.116. The first-order valence-electron chi connectivity index (χ1n) is 27.1. The monoisotopic (exact) mass is 1170 g/mol. The standard InChI is InChI=1S/C65H56B2N7O.Pt/c1-64(2,3)46-30-37-70-61(40-46)74-57-25-11-10-22-50(57)51-29-28-49(43-60(51)74)75-62-42-48(41-56(71-62)45-20-8-7-9-21-45)72-44-73(59-27-13-12-26-58(59)72)63-52(54-23-18-35-68-33-16-14-31-66-54)38-47(65(4,5)6)39-53(63)55-24-19-36-69-34-17-15-32-67-55;/h7-41,44,68-69H,1-6H3;/q-3;/b31-14-,32-15-,33-16-,34-17-,35-18-,36-19-,54-23-,55-24-;/i10D,11D,22D,25D;. The Morgan fingerprint density at radius 3 is 1.95 bits per heavy atom. The normalized spacial score (nSPS) is 19.1. The average Bonchev–Trinajstić information content (AvgIpc) is 4.08. The molecule has 0 amide bonds. The van der Waals surface area contributed by atoms with Crippen LogP contribution >= 0.6 is 0 Å². The van der Waals surface area contributed by atoms with Gasteiger partial charge >= 0.3 is 0 Å². The maximum atomic E-state index is 9.18. The van der Waals surface area contributed by atoms with Gasteiger partial charge in [0.25, 0.3) is 0 Å². The molecular weight excluding hydrogens is 1110 g/mol. The van der Waals surface area contributed by atoms with Crippen LogP contribution in [0.1, 0.15) is 69.3 Å². The van der Waals surface area contributed by atoms with E-state index in [1.807, 2.05) is 122 Å². The molecule has 5 aromatic carbocycles. The minimum Gasteiger partial charge on any atom is -0.503 e. The first kappa shape index (κ1) is 46.5. The maximum absolute atomic E-state index is 9.18. The Hall–Kier alpha value is -8.06. The number of pyridine rings is 2. The molecule has 0 bridgehead atoms. The third-order valence-electron chi connectivity index (χ3n) is 13.2. The van der Waals surface area contributed by atoms with Crippen molar-refractivity contribution in [3.63, 3.8) is 0 Å². The van der Waals surface area contributed by atoms with Crippen LogP contribution in [0.2, 0.25) is 0 Å². The van der Waals surface area contributed by atoms with Crippen LogP contribution in [-0.4, -0.2) is 29.1 Å².